The molecular weight excluding hydrogens is 490 g/mol. The second kappa shape index (κ2) is 11.9. The van der Waals surface area contributed by atoms with E-state index in [9.17, 15) is 9.59 Å². The summed E-state index contributed by atoms with van der Waals surface area (Å²) in [6.07, 6.45) is 6.66. The van der Waals surface area contributed by atoms with Gasteiger partial charge in [-0.25, -0.2) is 0 Å². The van der Waals surface area contributed by atoms with Gasteiger partial charge in [0, 0.05) is 31.8 Å². The highest BCUT2D eigenvalue weighted by Crippen LogP contribution is 2.41. The van der Waals surface area contributed by atoms with Crippen molar-refractivity contribution in [1.29, 1.82) is 0 Å². The van der Waals surface area contributed by atoms with Crippen LogP contribution < -0.4 is 0 Å². The third kappa shape index (κ3) is 5.47. The average Bonchev–Trinajstić information content (AvgIpc) is 3.19. The molecule has 0 spiro atoms. The molecule has 2 atom stereocenters. The summed E-state index contributed by atoms with van der Waals surface area (Å²) in [4.78, 5) is 44.6. The van der Waals surface area contributed by atoms with Crippen LogP contribution in [0.2, 0.25) is 0 Å². The number of rotatable bonds is 9. The lowest BCUT2D eigenvalue weighted by Gasteiger charge is -2.43. The largest absolute Gasteiger partial charge is 0.396 e. The van der Waals surface area contributed by atoms with Gasteiger partial charge in [-0.3, -0.25) is 29.4 Å². The van der Waals surface area contributed by atoms with Crippen LogP contribution in [-0.2, 0) is 4.84 Å². The summed E-state index contributed by atoms with van der Waals surface area (Å²) in [5.74, 6) is -0.399. The number of imide groups is 1. The van der Waals surface area contributed by atoms with Gasteiger partial charge < -0.3 is 4.84 Å². The minimum Gasteiger partial charge on any atom is -0.396 e. The Labute approximate surface area is 229 Å². The van der Waals surface area contributed by atoms with Crippen molar-refractivity contribution in [2.75, 3.05) is 19.7 Å². The lowest BCUT2D eigenvalue weighted by molar-refractivity contribution is 0.0644. The van der Waals surface area contributed by atoms with Crippen LogP contribution >= 0.6 is 0 Å². The number of piperidine rings is 1. The van der Waals surface area contributed by atoms with E-state index in [0.717, 1.165) is 54.0 Å². The van der Waals surface area contributed by atoms with Crippen LogP contribution in [0, 0.1) is 13.8 Å². The Morgan fingerprint density at radius 3 is 1.87 bits per heavy atom. The van der Waals surface area contributed by atoms with Gasteiger partial charge in [-0.05, 0) is 75.5 Å². The molecule has 2 aliphatic rings. The number of carbonyl (C=O) groups is 2. The van der Waals surface area contributed by atoms with Crippen LogP contribution in [0.15, 0.2) is 66.1 Å². The number of fused-ring (bicyclic) bond motifs is 1. The molecule has 8 heteroatoms. The number of carbonyl (C=O) groups excluding carboxylic acids is 2. The molecule has 2 amide bonds. The van der Waals surface area contributed by atoms with E-state index < -0.39 is 0 Å². The highest BCUT2D eigenvalue weighted by molar-refractivity contribution is 6.21. The van der Waals surface area contributed by atoms with Crippen LogP contribution in [0.25, 0.3) is 0 Å². The molecule has 8 nitrogen and oxygen atoms in total. The van der Waals surface area contributed by atoms with Crippen LogP contribution in [0.3, 0.4) is 0 Å². The zero-order valence-corrected chi connectivity index (χ0v) is 22.8. The molecule has 0 radical (unpaired) electrons. The number of pyridine rings is 2. The first-order valence-corrected chi connectivity index (χ1v) is 13.7. The Morgan fingerprint density at radius 1 is 0.821 bits per heavy atom. The maximum absolute atomic E-state index is 12.8. The minimum absolute atomic E-state index is 0.00451. The second-order valence-electron chi connectivity index (χ2n) is 10.2. The predicted octanol–water partition coefficient (Wildman–Crippen LogP) is 5.44. The smallest absolute Gasteiger partial charge is 0.261 e. The molecule has 3 aromatic rings. The lowest BCUT2D eigenvalue weighted by Crippen LogP contribution is -2.42. The minimum atomic E-state index is -0.200. The number of aryl methyl sites for hydroxylation is 2. The van der Waals surface area contributed by atoms with Crippen LogP contribution in [0.5, 0.6) is 0 Å². The predicted molar refractivity (Wildman–Crippen MR) is 149 cm³/mol. The van der Waals surface area contributed by atoms with E-state index in [1.807, 2.05) is 31.5 Å². The quantitative estimate of drug-likeness (QED) is 0.210. The highest BCUT2D eigenvalue weighted by atomic mass is 16.6. The molecule has 39 heavy (non-hydrogen) atoms. The zero-order chi connectivity index (χ0) is 27.4. The van der Waals surface area contributed by atoms with Crippen molar-refractivity contribution in [1.82, 2.24) is 19.8 Å². The van der Waals surface area contributed by atoms with Gasteiger partial charge in [0.05, 0.1) is 40.3 Å². The van der Waals surface area contributed by atoms with Crippen LogP contribution in [0.1, 0.15) is 87.9 Å². The maximum atomic E-state index is 12.8. The number of benzene rings is 1. The molecule has 2 aromatic heterocycles. The molecule has 1 aromatic carbocycles. The fourth-order valence-electron chi connectivity index (χ4n) is 5.73. The average molecular weight is 526 g/mol. The number of nitrogens with zero attached hydrogens (tertiary/aromatic N) is 5. The summed E-state index contributed by atoms with van der Waals surface area (Å²) in [5, 5.41) is 4.48. The van der Waals surface area contributed by atoms with Crippen molar-refractivity contribution in [3.8, 4) is 0 Å². The second-order valence-corrected chi connectivity index (χ2v) is 10.2. The van der Waals surface area contributed by atoms with E-state index in [2.05, 4.69) is 36.0 Å². The van der Waals surface area contributed by atoms with Crippen molar-refractivity contribution in [2.24, 2.45) is 5.16 Å². The van der Waals surface area contributed by atoms with Crippen molar-refractivity contribution >= 4 is 17.5 Å². The fraction of sp³-hybridized carbons (Fsp3) is 0.387. The normalized spacial score (nSPS) is 20.5. The number of hydrogen-bond acceptors (Lipinski definition) is 7. The number of amides is 2. The number of unbranched alkanes of at least 4 members (excludes halogenated alkanes) is 1. The Morgan fingerprint density at radius 2 is 1.36 bits per heavy atom. The molecule has 0 N–H and O–H groups in total. The van der Waals surface area contributed by atoms with Gasteiger partial charge in [-0.1, -0.05) is 29.4 Å². The molecule has 2 aliphatic heterocycles. The highest BCUT2D eigenvalue weighted by Gasteiger charge is 2.39. The SMILES string of the molecule is CCON=C1C[C@H](c2ncccc2C)N(CCCCN2C(=O)c3ccccc3C2=O)[C@H](c2ncccc2C)C1. The summed E-state index contributed by atoms with van der Waals surface area (Å²) >= 11 is 0. The number of likely N-dealkylation sites (tertiary alicyclic amines) is 1. The maximum Gasteiger partial charge on any atom is 0.261 e. The van der Waals surface area contributed by atoms with E-state index in [0.29, 0.717) is 30.7 Å². The zero-order valence-electron chi connectivity index (χ0n) is 22.8. The fourth-order valence-corrected chi connectivity index (χ4v) is 5.73. The van der Waals surface area contributed by atoms with Gasteiger partial charge in [0.15, 0.2) is 0 Å². The molecule has 0 saturated carbocycles. The topological polar surface area (TPSA) is 88.0 Å². The van der Waals surface area contributed by atoms with Crippen molar-refractivity contribution in [3.63, 3.8) is 0 Å². The van der Waals surface area contributed by atoms with Crippen molar-refractivity contribution in [3.05, 3.63) is 94.6 Å². The first-order chi connectivity index (χ1) is 19.0. The molecular formula is C31H35N5O3. The summed E-state index contributed by atoms with van der Waals surface area (Å²) in [5.41, 5.74) is 6.32. The summed E-state index contributed by atoms with van der Waals surface area (Å²) in [7, 11) is 0. The van der Waals surface area contributed by atoms with Crippen molar-refractivity contribution < 1.29 is 14.4 Å². The number of hydrogen-bond donors (Lipinski definition) is 0. The first-order valence-electron chi connectivity index (χ1n) is 13.7. The van der Waals surface area contributed by atoms with Gasteiger partial charge >= 0.3 is 0 Å². The summed E-state index contributed by atoms with van der Waals surface area (Å²) in [6.45, 7) is 7.82. The number of aromatic nitrogens is 2. The molecule has 4 heterocycles. The number of oxime groups is 1. The molecule has 1 fully saturated rings. The van der Waals surface area contributed by atoms with Crippen LogP contribution in [0.4, 0.5) is 0 Å². The van der Waals surface area contributed by atoms with E-state index in [-0.39, 0.29) is 23.9 Å². The lowest BCUT2D eigenvalue weighted by atomic mass is 9.87. The van der Waals surface area contributed by atoms with Gasteiger partial charge in [0.25, 0.3) is 11.8 Å². The Hall–Kier alpha value is -3.91. The summed E-state index contributed by atoms with van der Waals surface area (Å²) < 4.78 is 0. The molecule has 0 aliphatic carbocycles. The van der Waals surface area contributed by atoms with Gasteiger partial charge in [0.2, 0.25) is 0 Å². The van der Waals surface area contributed by atoms with Gasteiger partial charge in [-0.2, -0.15) is 0 Å². The summed E-state index contributed by atoms with van der Waals surface area (Å²) in [6, 6.07) is 15.2. The standard InChI is InChI=1S/C31H35N5O3/c1-4-39-34-23-19-26(28-21(2)11-9-15-32-28)35(27(20-23)29-22(3)12-10-16-33-29)17-7-8-18-36-30(37)24-13-5-6-14-25(24)31(36)38/h5-6,9-16,26-27H,4,7-8,17-20H2,1-3H3/t26-,27+. The van der Waals surface area contributed by atoms with Crippen molar-refractivity contribution in [2.45, 2.75) is 58.5 Å². The molecule has 0 unspecified atom stereocenters. The van der Waals surface area contributed by atoms with E-state index in [1.165, 1.54) is 4.90 Å². The van der Waals surface area contributed by atoms with E-state index in [1.54, 1.807) is 24.3 Å². The molecule has 5 rings (SSSR count). The molecule has 202 valence electrons. The first kappa shape index (κ1) is 26.7. The van der Waals surface area contributed by atoms with E-state index in [4.69, 9.17) is 14.8 Å². The Kier molecular flexibility index (Phi) is 8.12. The van der Waals surface area contributed by atoms with E-state index >= 15 is 0 Å². The van der Waals surface area contributed by atoms with Crippen LogP contribution in [-0.4, -0.2) is 57.0 Å². The third-order valence-corrected chi connectivity index (χ3v) is 7.64. The van der Waals surface area contributed by atoms with Gasteiger partial charge in [0.1, 0.15) is 6.61 Å². The monoisotopic (exact) mass is 525 g/mol. The van der Waals surface area contributed by atoms with Gasteiger partial charge in [-0.15, -0.1) is 0 Å². The third-order valence-electron chi connectivity index (χ3n) is 7.64. The molecule has 0 bridgehead atoms. The Balaban J connectivity index is 1.39. The Bertz CT molecular complexity index is 1300. The molecule has 1 saturated heterocycles.